The normalized spacial score (nSPS) is 11.0. The number of aromatic nitrogens is 4. The van der Waals surface area contributed by atoms with Gasteiger partial charge in [0.2, 0.25) is 0 Å². The topological polar surface area (TPSA) is 82.2 Å². The van der Waals surface area contributed by atoms with E-state index >= 15 is 0 Å². The number of amides is 1. The number of carbonyl (C=O) groups excluding carboxylic acids is 1. The molecule has 3 aromatic rings. The average molecular weight is 403 g/mol. The molecule has 152 valence electrons. The number of rotatable bonds is 4. The number of carbonyl (C=O) groups is 1. The van der Waals surface area contributed by atoms with Crippen LogP contribution >= 0.6 is 0 Å². The number of para-hydroxylation sites is 1. The summed E-state index contributed by atoms with van der Waals surface area (Å²) in [5.74, 6) is -1.48. The minimum Gasteiger partial charge on any atom is -0.497 e. The van der Waals surface area contributed by atoms with E-state index in [1.165, 1.54) is 12.0 Å². The number of hydrogen-bond acceptors (Lipinski definition) is 5. The second kappa shape index (κ2) is 7.82. The molecule has 0 aliphatic rings. The van der Waals surface area contributed by atoms with Gasteiger partial charge >= 0.3 is 11.7 Å². The molecule has 1 aromatic heterocycles. The Morgan fingerprint density at radius 1 is 1.14 bits per heavy atom. The summed E-state index contributed by atoms with van der Waals surface area (Å²) in [6, 6.07) is 7.09. The lowest BCUT2D eigenvalue weighted by Crippen LogP contribution is -2.44. The monoisotopic (exact) mass is 403 g/mol. The molecule has 0 spiro atoms. The Kier molecular flexibility index (Phi) is 5.44. The van der Waals surface area contributed by atoms with Crippen LogP contribution < -0.4 is 15.3 Å². The Hall–Kier alpha value is -3.56. The maximum atomic E-state index is 14.0. The molecular weight excluding hydrogens is 384 g/mol. The summed E-state index contributed by atoms with van der Waals surface area (Å²) >= 11 is 0. The van der Waals surface area contributed by atoms with Crippen molar-refractivity contribution in [2.75, 3.05) is 12.0 Å². The number of halogens is 2. The zero-order chi connectivity index (χ0) is 21.3. The lowest BCUT2D eigenvalue weighted by atomic mass is 10.1. The number of benzene rings is 2. The summed E-state index contributed by atoms with van der Waals surface area (Å²) in [5.41, 5.74) is -0.489. The van der Waals surface area contributed by atoms with Crippen LogP contribution in [0.3, 0.4) is 0 Å². The maximum Gasteiger partial charge on any atom is 0.377 e. The van der Waals surface area contributed by atoms with Crippen LogP contribution in [0.1, 0.15) is 19.4 Å². The number of nitrogens with zero attached hydrogens (tertiary/aromatic N) is 5. The van der Waals surface area contributed by atoms with Crippen molar-refractivity contribution >= 4 is 11.7 Å². The molecule has 1 heterocycles. The summed E-state index contributed by atoms with van der Waals surface area (Å²) in [4.78, 5) is 27.1. The minimum absolute atomic E-state index is 0.365. The lowest BCUT2D eigenvalue weighted by molar-refractivity contribution is 0.242. The molecule has 0 atom stereocenters. The zero-order valence-corrected chi connectivity index (χ0v) is 16.3. The molecular formula is C19H19F2N5O3. The molecule has 0 bridgehead atoms. The van der Waals surface area contributed by atoms with E-state index in [0.29, 0.717) is 20.8 Å². The molecule has 0 saturated heterocycles. The number of hydrogen-bond donors (Lipinski definition) is 0. The molecule has 0 N–H and O–H groups in total. The van der Waals surface area contributed by atoms with Crippen molar-refractivity contribution in [1.29, 1.82) is 0 Å². The van der Waals surface area contributed by atoms with Gasteiger partial charge in [0.25, 0.3) is 0 Å². The largest absolute Gasteiger partial charge is 0.497 e. The van der Waals surface area contributed by atoms with E-state index in [1.807, 2.05) is 6.92 Å². The van der Waals surface area contributed by atoms with Crippen molar-refractivity contribution < 1.29 is 18.3 Å². The van der Waals surface area contributed by atoms with Crippen molar-refractivity contribution in [2.24, 2.45) is 0 Å². The van der Waals surface area contributed by atoms with E-state index in [-0.39, 0.29) is 6.04 Å². The molecule has 0 aliphatic carbocycles. The molecule has 29 heavy (non-hydrogen) atoms. The van der Waals surface area contributed by atoms with E-state index < -0.39 is 29.0 Å². The third-order valence-corrected chi connectivity index (χ3v) is 4.18. The van der Waals surface area contributed by atoms with Gasteiger partial charge in [-0.25, -0.2) is 18.4 Å². The fourth-order valence-corrected chi connectivity index (χ4v) is 2.91. The fourth-order valence-electron chi connectivity index (χ4n) is 2.91. The molecule has 0 aliphatic heterocycles. The Labute approximate surface area is 164 Å². The maximum absolute atomic E-state index is 14.0. The quantitative estimate of drug-likeness (QED) is 0.626. The van der Waals surface area contributed by atoms with Gasteiger partial charge in [-0.3, -0.25) is 4.90 Å². The number of aryl methyl sites for hydroxylation is 1. The van der Waals surface area contributed by atoms with Crippen LogP contribution in [0, 0.1) is 18.6 Å². The van der Waals surface area contributed by atoms with Gasteiger partial charge < -0.3 is 4.74 Å². The summed E-state index contributed by atoms with van der Waals surface area (Å²) in [5, 5.41) is 7.01. The van der Waals surface area contributed by atoms with Crippen molar-refractivity contribution in [3.8, 4) is 11.4 Å². The number of ether oxygens (including phenoxy) is 1. The fraction of sp³-hybridized carbons (Fsp3) is 0.263. The van der Waals surface area contributed by atoms with Gasteiger partial charge in [-0.1, -0.05) is 6.07 Å². The smallest absolute Gasteiger partial charge is 0.377 e. The van der Waals surface area contributed by atoms with Gasteiger partial charge in [0.15, 0.2) is 11.6 Å². The average Bonchev–Trinajstić information content (AvgIpc) is 3.02. The molecule has 0 fully saturated rings. The third kappa shape index (κ3) is 3.73. The Morgan fingerprint density at radius 2 is 1.79 bits per heavy atom. The van der Waals surface area contributed by atoms with Crippen LogP contribution in [0.5, 0.6) is 5.75 Å². The highest BCUT2D eigenvalue weighted by atomic mass is 19.1. The first-order valence-corrected chi connectivity index (χ1v) is 8.73. The number of tetrazole rings is 1. The standard InChI is InChI=1S/C19H19F2N5O3/c1-11(2)24(13-8-12(3)9-14(10-13)29-4)18(27)26-19(28)25(22-23-26)17-15(20)6-5-7-16(17)21/h5-11H,1-4H3. The van der Waals surface area contributed by atoms with Crippen LogP contribution in [0.15, 0.2) is 41.2 Å². The van der Waals surface area contributed by atoms with Crippen LogP contribution in [0.25, 0.3) is 5.69 Å². The Bertz CT molecular complexity index is 1100. The Morgan fingerprint density at radius 3 is 2.38 bits per heavy atom. The van der Waals surface area contributed by atoms with Gasteiger partial charge in [-0.15, -0.1) is 4.68 Å². The van der Waals surface area contributed by atoms with Crippen LogP contribution in [0.4, 0.5) is 19.3 Å². The van der Waals surface area contributed by atoms with Crippen molar-refractivity contribution in [3.63, 3.8) is 0 Å². The molecule has 8 nitrogen and oxygen atoms in total. The van der Waals surface area contributed by atoms with Crippen LogP contribution in [-0.4, -0.2) is 39.0 Å². The Balaban J connectivity index is 2.09. The van der Waals surface area contributed by atoms with Crippen molar-refractivity contribution in [2.45, 2.75) is 26.8 Å². The second-order valence-electron chi connectivity index (χ2n) is 6.61. The van der Waals surface area contributed by atoms with Gasteiger partial charge in [-0.2, -0.15) is 4.68 Å². The van der Waals surface area contributed by atoms with Gasteiger partial charge in [-0.05, 0) is 61.0 Å². The van der Waals surface area contributed by atoms with Crippen LogP contribution in [-0.2, 0) is 0 Å². The highest BCUT2D eigenvalue weighted by molar-refractivity contribution is 5.93. The highest BCUT2D eigenvalue weighted by Crippen LogP contribution is 2.26. The van der Waals surface area contributed by atoms with E-state index in [4.69, 9.17) is 4.74 Å². The molecule has 1 amide bonds. The summed E-state index contributed by atoms with van der Waals surface area (Å²) in [7, 11) is 1.50. The first-order valence-electron chi connectivity index (χ1n) is 8.73. The first-order chi connectivity index (χ1) is 13.7. The number of methoxy groups -OCH3 is 1. The molecule has 2 aromatic carbocycles. The zero-order valence-electron chi connectivity index (χ0n) is 16.3. The lowest BCUT2D eigenvalue weighted by Gasteiger charge is -2.26. The number of anilines is 1. The van der Waals surface area contributed by atoms with Gasteiger partial charge in [0, 0.05) is 17.8 Å². The molecule has 0 radical (unpaired) electrons. The van der Waals surface area contributed by atoms with Crippen molar-refractivity contribution in [3.05, 3.63) is 64.1 Å². The summed E-state index contributed by atoms with van der Waals surface area (Å²) in [6.07, 6.45) is 0. The molecule has 3 rings (SSSR count). The van der Waals surface area contributed by atoms with Crippen LogP contribution in [0.2, 0.25) is 0 Å². The summed E-state index contributed by atoms with van der Waals surface area (Å²) < 4.78 is 34.2. The second-order valence-corrected chi connectivity index (χ2v) is 6.61. The van der Waals surface area contributed by atoms with E-state index in [0.717, 1.165) is 23.8 Å². The first kappa shape index (κ1) is 20.2. The molecule has 0 saturated carbocycles. The SMILES string of the molecule is COc1cc(C)cc(N(C(=O)n2nnn(-c3c(F)cccc3F)c2=O)C(C)C)c1. The minimum atomic E-state index is -1.09. The third-order valence-electron chi connectivity index (χ3n) is 4.18. The van der Waals surface area contributed by atoms with Crippen molar-refractivity contribution in [1.82, 2.24) is 19.8 Å². The van der Waals surface area contributed by atoms with Gasteiger partial charge in [0.1, 0.15) is 11.4 Å². The van der Waals surface area contributed by atoms with E-state index in [2.05, 4.69) is 10.4 Å². The van der Waals surface area contributed by atoms with E-state index in [1.54, 1.807) is 32.0 Å². The highest BCUT2D eigenvalue weighted by Gasteiger charge is 2.27. The summed E-state index contributed by atoms with van der Waals surface area (Å²) in [6.45, 7) is 5.33. The van der Waals surface area contributed by atoms with Gasteiger partial charge in [0.05, 0.1) is 7.11 Å². The molecule has 0 unspecified atom stereocenters. The van der Waals surface area contributed by atoms with E-state index in [9.17, 15) is 18.4 Å². The molecule has 10 heteroatoms. The predicted molar refractivity (Wildman–Crippen MR) is 102 cm³/mol. The predicted octanol–water partition coefficient (Wildman–Crippen LogP) is 2.91.